The van der Waals surface area contributed by atoms with E-state index in [4.69, 9.17) is 4.42 Å². The molecule has 2 heterocycles. The zero-order valence-corrected chi connectivity index (χ0v) is 13.1. The SMILES string of the molecule is CC(C)c1nc2cc(NC3CCS(=O)(=O)CC3)ccc2o1. The minimum Gasteiger partial charge on any atom is -0.440 e. The maximum Gasteiger partial charge on any atom is 0.198 e. The van der Waals surface area contributed by atoms with E-state index in [1.807, 2.05) is 32.0 Å². The number of hydrogen-bond acceptors (Lipinski definition) is 5. The maximum atomic E-state index is 11.4. The van der Waals surface area contributed by atoms with Crippen LogP contribution in [0.4, 0.5) is 5.69 Å². The van der Waals surface area contributed by atoms with Gasteiger partial charge in [-0.25, -0.2) is 13.4 Å². The number of oxazole rings is 1. The molecule has 1 aromatic carbocycles. The molecule has 1 aliphatic heterocycles. The molecule has 0 radical (unpaired) electrons. The number of sulfone groups is 1. The van der Waals surface area contributed by atoms with Crippen molar-refractivity contribution in [1.29, 1.82) is 0 Å². The molecule has 0 amide bonds. The normalized spacial score (nSPS) is 19.2. The maximum absolute atomic E-state index is 11.4. The Balaban J connectivity index is 1.75. The van der Waals surface area contributed by atoms with Crippen molar-refractivity contribution >= 4 is 26.6 Å². The molecule has 6 heteroatoms. The van der Waals surface area contributed by atoms with Crippen LogP contribution < -0.4 is 5.32 Å². The van der Waals surface area contributed by atoms with Gasteiger partial charge in [-0.15, -0.1) is 0 Å². The molecule has 0 bridgehead atoms. The molecule has 1 saturated heterocycles. The topological polar surface area (TPSA) is 72.2 Å². The zero-order chi connectivity index (χ0) is 15.0. The molecule has 0 spiro atoms. The number of rotatable bonds is 3. The Bertz CT molecular complexity index is 735. The van der Waals surface area contributed by atoms with Crippen LogP contribution in [-0.2, 0) is 9.84 Å². The Morgan fingerprint density at radius 3 is 2.67 bits per heavy atom. The fourth-order valence-electron chi connectivity index (χ4n) is 2.55. The van der Waals surface area contributed by atoms with Gasteiger partial charge in [0.1, 0.15) is 15.4 Å². The second-order valence-corrected chi connectivity index (χ2v) is 8.26. The lowest BCUT2D eigenvalue weighted by Crippen LogP contribution is -2.32. The van der Waals surface area contributed by atoms with Gasteiger partial charge in [0.05, 0.1) is 11.5 Å². The summed E-state index contributed by atoms with van der Waals surface area (Å²) in [6.07, 6.45) is 1.33. The zero-order valence-electron chi connectivity index (χ0n) is 12.3. The van der Waals surface area contributed by atoms with Gasteiger partial charge >= 0.3 is 0 Å². The number of fused-ring (bicyclic) bond motifs is 1. The van der Waals surface area contributed by atoms with Gasteiger partial charge in [-0.2, -0.15) is 0 Å². The van der Waals surface area contributed by atoms with Gasteiger partial charge in [0, 0.05) is 17.6 Å². The highest BCUT2D eigenvalue weighted by Crippen LogP contribution is 2.25. The molecule has 0 aliphatic carbocycles. The Kier molecular flexibility index (Phi) is 3.65. The minimum atomic E-state index is -2.82. The summed E-state index contributed by atoms with van der Waals surface area (Å²) >= 11 is 0. The van der Waals surface area contributed by atoms with Crippen LogP contribution in [0.25, 0.3) is 11.1 Å². The summed E-state index contributed by atoms with van der Waals surface area (Å²) in [7, 11) is -2.82. The van der Waals surface area contributed by atoms with Crippen LogP contribution in [0.2, 0.25) is 0 Å². The van der Waals surface area contributed by atoms with Crippen molar-refractivity contribution in [2.24, 2.45) is 0 Å². The molecule has 0 unspecified atom stereocenters. The van der Waals surface area contributed by atoms with E-state index in [9.17, 15) is 8.42 Å². The molecular formula is C15H20N2O3S. The first-order chi connectivity index (χ1) is 9.93. The Hall–Kier alpha value is -1.56. The average Bonchev–Trinajstić information content (AvgIpc) is 2.84. The van der Waals surface area contributed by atoms with Gasteiger partial charge in [0.25, 0.3) is 0 Å². The fraction of sp³-hybridized carbons (Fsp3) is 0.533. The van der Waals surface area contributed by atoms with E-state index in [-0.39, 0.29) is 23.5 Å². The van der Waals surface area contributed by atoms with Crippen LogP contribution in [0.5, 0.6) is 0 Å². The summed E-state index contributed by atoms with van der Waals surface area (Å²) in [6, 6.07) is 6.05. The molecule has 2 aromatic rings. The Labute approximate surface area is 124 Å². The summed E-state index contributed by atoms with van der Waals surface area (Å²) in [5.74, 6) is 1.55. The molecule has 0 saturated carbocycles. The first kappa shape index (κ1) is 14.4. The Morgan fingerprint density at radius 2 is 2.00 bits per heavy atom. The van der Waals surface area contributed by atoms with Crippen molar-refractivity contribution < 1.29 is 12.8 Å². The number of hydrogen-bond donors (Lipinski definition) is 1. The summed E-state index contributed by atoms with van der Waals surface area (Å²) in [6.45, 7) is 4.10. The van der Waals surface area contributed by atoms with E-state index in [0.717, 1.165) is 22.7 Å². The number of anilines is 1. The predicted octanol–water partition coefficient (Wildman–Crippen LogP) is 2.94. The van der Waals surface area contributed by atoms with Gasteiger partial charge in [-0.1, -0.05) is 13.8 Å². The molecule has 5 nitrogen and oxygen atoms in total. The number of aromatic nitrogens is 1. The monoisotopic (exact) mass is 308 g/mol. The smallest absolute Gasteiger partial charge is 0.198 e. The minimum absolute atomic E-state index is 0.211. The first-order valence-corrected chi connectivity index (χ1v) is 9.12. The number of nitrogens with zero attached hydrogens (tertiary/aromatic N) is 1. The van der Waals surface area contributed by atoms with Gasteiger partial charge in [-0.05, 0) is 31.0 Å². The largest absolute Gasteiger partial charge is 0.440 e. The van der Waals surface area contributed by atoms with Crippen molar-refractivity contribution in [2.75, 3.05) is 16.8 Å². The van der Waals surface area contributed by atoms with Crippen molar-refractivity contribution in [3.63, 3.8) is 0 Å². The van der Waals surface area contributed by atoms with Crippen LogP contribution in [0.15, 0.2) is 22.6 Å². The summed E-state index contributed by atoms with van der Waals surface area (Å²) in [5.41, 5.74) is 2.60. The van der Waals surface area contributed by atoms with Crippen LogP contribution in [0, 0.1) is 0 Å². The third-order valence-electron chi connectivity index (χ3n) is 3.82. The van der Waals surface area contributed by atoms with Crippen molar-refractivity contribution in [1.82, 2.24) is 4.98 Å². The molecule has 1 N–H and O–H groups in total. The van der Waals surface area contributed by atoms with E-state index in [1.54, 1.807) is 0 Å². The van der Waals surface area contributed by atoms with E-state index in [1.165, 1.54) is 0 Å². The highest BCUT2D eigenvalue weighted by atomic mass is 32.2. The fourth-order valence-corrected chi connectivity index (χ4v) is 4.04. The van der Waals surface area contributed by atoms with Crippen LogP contribution in [-0.4, -0.2) is 30.9 Å². The molecular weight excluding hydrogens is 288 g/mol. The predicted molar refractivity (Wildman–Crippen MR) is 83.4 cm³/mol. The van der Waals surface area contributed by atoms with E-state index in [2.05, 4.69) is 10.3 Å². The first-order valence-electron chi connectivity index (χ1n) is 7.30. The van der Waals surface area contributed by atoms with Crippen LogP contribution in [0.1, 0.15) is 38.5 Å². The summed E-state index contributed by atoms with van der Waals surface area (Å²) in [4.78, 5) is 4.49. The van der Waals surface area contributed by atoms with E-state index in [0.29, 0.717) is 12.8 Å². The summed E-state index contributed by atoms with van der Waals surface area (Å²) in [5, 5.41) is 3.40. The van der Waals surface area contributed by atoms with Crippen molar-refractivity contribution in [2.45, 2.75) is 38.6 Å². The van der Waals surface area contributed by atoms with Gasteiger partial charge in [0.2, 0.25) is 0 Å². The second-order valence-electron chi connectivity index (χ2n) is 5.96. The lowest BCUT2D eigenvalue weighted by Gasteiger charge is -2.23. The van der Waals surface area contributed by atoms with Crippen molar-refractivity contribution in [3.8, 4) is 0 Å². The van der Waals surface area contributed by atoms with E-state index >= 15 is 0 Å². The van der Waals surface area contributed by atoms with Gasteiger partial charge in [-0.3, -0.25) is 0 Å². The van der Waals surface area contributed by atoms with Gasteiger partial charge < -0.3 is 9.73 Å². The average molecular weight is 308 g/mol. The van der Waals surface area contributed by atoms with Crippen LogP contribution in [0.3, 0.4) is 0 Å². The lowest BCUT2D eigenvalue weighted by atomic mass is 10.1. The van der Waals surface area contributed by atoms with Crippen molar-refractivity contribution in [3.05, 3.63) is 24.1 Å². The third kappa shape index (κ3) is 3.20. The quantitative estimate of drug-likeness (QED) is 0.944. The van der Waals surface area contributed by atoms with E-state index < -0.39 is 9.84 Å². The molecule has 1 aromatic heterocycles. The summed E-state index contributed by atoms with van der Waals surface area (Å²) < 4.78 is 28.6. The second kappa shape index (κ2) is 5.33. The molecule has 114 valence electrons. The molecule has 0 atom stereocenters. The highest BCUT2D eigenvalue weighted by molar-refractivity contribution is 7.91. The molecule has 3 rings (SSSR count). The Morgan fingerprint density at radius 1 is 1.29 bits per heavy atom. The third-order valence-corrected chi connectivity index (χ3v) is 5.54. The molecule has 1 aliphatic rings. The molecule has 21 heavy (non-hydrogen) atoms. The molecule has 1 fully saturated rings. The number of benzene rings is 1. The van der Waals surface area contributed by atoms with Gasteiger partial charge in [0.15, 0.2) is 11.5 Å². The standard InChI is InChI=1S/C15H20N2O3S/c1-10(2)15-17-13-9-12(3-4-14(13)20-15)16-11-5-7-21(18,19)8-6-11/h3-4,9-11,16H,5-8H2,1-2H3. The highest BCUT2D eigenvalue weighted by Gasteiger charge is 2.23. The number of nitrogens with one attached hydrogen (secondary N) is 1. The van der Waals surface area contributed by atoms with Crippen LogP contribution >= 0.6 is 0 Å². The lowest BCUT2D eigenvalue weighted by molar-refractivity contribution is 0.501.